The van der Waals surface area contributed by atoms with E-state index < -0.39 is 0 Å². The van der Waals surface area contributed by atoms with Crippen LogP contribution in [0.15, 0.2) is 36.9 Å². The molecule has 0 unspecified atom stereocenters. The van der Waals surface area contributed by atoms with Crippen molar-refractivity contribution >= 4 is 5.69 Å². The Morgan fingerprint density at radius 2 is 1.78 bits per heavy atom. The van der Waals surface area contributed by atoms with Crippen LogP contribution >= 0.6 is 0 Å². The van der Waals surface area contributed by atoms with Crippen molar-refractivity contribution in [2.45, 2.75) is 6.54 Å². The molecule has 1 aliphatic rings. The van der Waals surface area contributed by atoms with Crippen LogP contribution in [-0.4, -0.2) is 31.0 Å². The van der Waals surface area contributed by atoms with Crippen LogP contribution in [0.3, 0.4) is 0 Å². The molecule has 1 aliphatic heterocycles. The maximum Gasteiger partial charge on any atom is 0.207 e. The maximum absolute atomic E-state index is 10.7. The Kier molecular flexibility index (Phi) is 3.78. The molecule has 0 spiro atoms. The van der Waals surface area contributed by atoms with E-state index in [1.54, 1.807) is 6.08 Å². The Morgan fingerprint density at radius 1 is 1.13 bits per heavy atom. The summed E-state index contributed by atoms with van der Waals surface area (Å²) >= 11 is 0. The monoisotopic (exact) mass is 313 g/mol. The molecule has 2 aromatic carbocycles. The summed E-state index contributed by atoms with van der Waals surface area (Å²) in [5.41, 5.74) is 3.00. The van der Waals surface area contributed by atoms with E-state index in [4.69, 9.17) is 9.47 Å². The van der Waals surface area contributed by atoms with Crippen LogP contribution in [0.25, 0.3) is 11.1 Å². The van der Waals surface area contributed by atoms with Gasteiger partial charge >= 0.3 is 0 Å². The molecule has 0 saturated carbocycles. The standard InChI is InChI=1S/C18H19NO4/c1-4-9-19-10-12-14(11-7-5-6-8-13(11)19)16(21)18(23-3)17(22-2)15(12)20/h4-8,20-21H,1,9-10H2,2-3H3. The highest BCUT2D eigenvalue weighted by Gasteiger charge is 2.32. The third kappa shape index (κ3) is 2.16. The van der Waals surface area contributed by atoms with Gasteiger partial charge in [0.2, 0.25) is 11.5 Å². The molecule has 0 aliphatic carbocycles. The van der Waals surface area contributed by atoms with Crippen LogP contribution in [0.1, 0.15) is 5.56 Å². The fourth-order valence-electron chi connectivity index (χ4n) is 3.11. The number of aromatic hydroxyl groups is 2. The molecule has 0 amide bonds. The molecule has 5 heteroatoms. The first-order chi connectivity index (χ1) is 11.1. The number of fused-ring (bicyclic) bond motifs is 3. The van der Waals surface area contributed by atoms with Gasteiger partial charge in [0.1, 0.15) is 0 Å². The second-order valence-corrected chi connectivity index (χ2v) is 5.30. The lowest BCUT2D eigenvalue weighted by Crippen LogP contribution is -2.26. The van der Waals surface area contributed by atoms with E-state index in [1.807, 2.05) is 24.3 Å². The molecule has 1 heterocycles. The number of phenolic OH excluding ortho intramolecular Hbond substituents is 2. The fraction of sp³-hybridized carbons (Fsp3) is 0.222. The van der Waals surface area contributed by atoms with E-state index in [0.717, 1.165) is 11.3 Å². The second-order valence-electron chi connectivity index (χ2n) is 5.30. The number of anilines is 1. The lowest BCUT2D eigenvalue weighted by molar-refractivity contribution is 0.315. The summed E-state index contributed by atoms with van der Waals surface area (Å²) in [6.45, 7) is 4.86. The van der Waals surface area contributed by atoms with Gasteiger partial charge in [-0.1, -0.05) is 24.3 Å². The van der Waals surface area contributed by atoms with E-state index in [9.17, 15) is 10.2 Å². The number of rotatable bonds is 4. The molecular weight excluding hydrogens is 294 g/mol. The van der Waals surface area contributed by atoms with Gasteiger partial charge in [0.15, 0.2) is 11.5 Å². The van der Waals surface area contributed by atoms with E-state index in [2.05, 4.69) is 11.5 Å². The number of hydrogen-bond donors (Lipinski definition) is 2. The van der Waals surface area contributed by atoms with Crippen LogP contribution in [-0.2, 0) is 6.54 Å². The largest absolute Gasteiger partial charge is 0.504 e. The summed E-state index contributed by atoms with van der Waals surface area (Å²) in [4.78, 5) is 2.08. The van der Waals surface area contributed by atoms with E-state index in [1.165, 1.54) is 14.2 Å². The lowest BCUT2D eigenvalue weighted by atomic mass is 9.91. The highest BCUT2D eigenvalue weighted by Crippen LogP contribution is 2.55. The molecule has 0 atom stereocenters. The Hall–Kier alpha value is -2.82. The number of nitrogens with zero attached hydrogens (tertiary/aromatic N) is 1. The first-order valence-corrected chi connectivity index (χ1v) is 7.28. The fourth-order valence-corrected chi connectivity index (χ4v) is 3.11. The quantitative estimate of drug-likeness (QED) is 0.670. The topological polar surface area (TPSA) is 62.2 Å². The molecule has 23 heavy (non-hydrogen) atoms. The molecule has 0 aromatic heterocycles. The third-order valence-electron chi connectivity index (χ3n) is 4.08. The minimum Gasteiger partial charge on any atom is -0.504 e. The SMILES string of the molecule is C=CCN1Cc2c(O)c(OC)c(OC)c(O)c2-c2ccccc21. The van der Waals surface area contributed by atoms with Crippen molar-refractivity contribution in [2.24, 2.45) is 0 Å². The molecule has 120 valence electrons. The molecule has 2 N–H and O–H groups in total. The molecular formula is C18H19NO4. The van der Waals surface area contributed by atoms with Gasteiger partial charge in [0, 0.05) is 35.5 Å². The molecule has 0 radical (unpaired) electrons. The average molecular weight is 313 g/mol. The Balaban J connectivity index is 2.34. The zero-order chi connectivity index (χ0) is 16.6. The van der Waals surface area contributed by atoms with Gasteiger partial charge in [-0.25, -0.2) is 0 Å². The molecule has 3 rings (SSSR count). The maximum atomic E-state index is 10.7. The summed E-state index contributed by atoms with van der Waals surface area (Å²) in [7, 11) is 2.86. The van der Waals surface area contributed by atoms with Crippen molar-refractivity contribution in [1.29, 1.82) is 0 Å². The van der Waals surface area contributed by atoms with Gasteiger partial charge in [-0.05, 0) is 6.07 Å². The first kappa shape index (κ1) is 15.1. The third-order valence-corrected chi connectivity index (χ3v) is 4.08. The van der Waals surface area contributed by atoms with Crippen molar-refractivity contribution in [3.8, 4) is 34.1 Å². The molecule has 2 aromatic rings. The van der Waals surface area contributed by atoms with Gasteiger partial charge < -0.3 is 24.6 Å². The molecule has 0 saturated heterocycles. The number of hydrogen-bond acceptors (Lipinski definition) is 5. The lowest BCUT2D eigenvalue weighted by Gasteiger charge is -2.33. The summed E-state index contributed by atoms with van der Waals surface area (Å²) in [5, 5.41) is 21.3. The van der Waals surface area contributed by atoms with Crippen LogP contribution in [0.5, 0.6) is 23.0 Å². The Bertz CT molecular complexity index is 770. The highest BCUT2D eigenvalue weighted by atomic mass is 16.5. The van der Waals surface area contributed by atoms with Crippen LogP contribution < -0.4 is 14.4 Å². The van der Waals surface area contributed by atoms with Gasteiger partial charge in [-0.2, -0.15) is 0 Å². The molecule has 0 fully saturated rings. The van der Waals surface area contributed by atoms with Gasteiger partial charge in [-0.15, -0.1) is 6.58 Å². The summed E-state index contributed by atoms with van der Waals surface area (Å²) in [6, 6.07) is 7.73. The minimum atomic E-state index is -0.0251. The normalized spacial score (nSPS) is 12.3. The first-order valence-electron chi connectivity index (χ1n) is 7.28. The number of ether oxygens (including phenoxy) is 2. The van der Waals surface area contributed by atoms with Crippen LogP contribution in [0.2, 0.25) is 0 Å². The number of methoxy groups -OCH3 is 2. The van der Waals surface area contributed by atoms with E-state index in [0.29, 0.717) is 24.2 Å². The van der Waals surface area contributed by atoms with Crippen molar-refractivity contribution in [3.63, 3.8) is 0 Å². The van der Waals surface area contributed by atoms with Crippen LogP contribution in [0.4, 0.5) is 5.69 Å². The summed E-state index contributed by atoms with van der Waals surface area (Å²) < 4.78 is 10.5. The van der Waals surface area contributed by atoms with E-state index >= 15 is 0 Å². The van der Waals surface area contributed by atoms with Crippen molar-refractivity contribution in [2.75, 3.05) is 25.7 Å². The smallest absolute Gasteiger partial charge is 0.207 e. The highest BCUT2D eigenvalue weighted by molar-refractivity contribution is 5.91. The number of benzene rings is 2. The predicted molar refractivity (Wildman–Crippen MR) is 89.6 cm³/mol. The number of phenols is 2. The predicted octanol–water partition coefficient (Wildman–Crippen LogP) is 3.29. The zero-order valence-electron chi connectivity index (χ0n) is 13.2. The minimum absolute atomic E-state index is 0.0132. The van der Waals surface area contributed by atoms with Crippen molar-refractivity contribution in [1.82, 2.24) is 0 Å². The van der Waals surface area contributed by atoms with Crippen molar-refractivity contribution < 1.29 is 19.7 Å². The number of para-hydroxylation sites is 1. The molecule has 5 nitrogen and oxygen atoms in total. The Labute approximate surface area is 135 Å². The second kappa shape index (κ2) is 5.76. The summed E-state index contributed by atoms with van der Waals surface area (Å²) in [5.74, 6) is 0.237. The van der Waals surface area contributed by atoms with Gasteiger partial charge in [0.25, 0.3) is 0 Å². The molecule has 0 bridgehead atoms. The van der Waals surface area contributed by atoms with Crippen LogP contribution in [0, 0.1) is 0 Å². The van der Waals surface area contributed by atoms with Crippen molar-refractivity contribution in [3.05, 3.63) is 42.5 Å². The van der Waals surface area contributed by atoms with Gasteiger partial charge in [-0.3, -0.25) is 0 Å². The van der Waals surface area contributed by atoms with Gasteiger partial charge in [0.05, 0.1) is 14.2 Å². The Morgan fingerprint density at radius 3 is 2.43 bits per heavy atom. The summed E-state index contributed by atoms with van der Waals surface area (Å²) in [6.07, 6.45) is 1.80. The average Bonchev–Trinajstić information content (AvgIpc) is 2.57. The zero-order valence-corrected chi connectivity index (χ0v) is 13.2. The van der Waals surface area contributed by atoms with E-state index in [-0.39, 0.29) is 23.0 Å².